The number of alkyl halides is 3. The molecule has 0 bridgehead atoms. The number of esters is 1. The molecule has 0 aliphatic carbocycles. The van der Waals surface area contributed by atoms with Crippen LogP contribution in [0.25, 0.3) is 0 Å². The molecule has 1 aliphatic rings. The normalized spacial score (nSPS) is 14.9. The Morgan fingerprint density at radius 3 is 2.15 bits per heavy atom. The highest BCUT2D eigenvalue weighted by Gasteiger charge is 2.32. The Balaban J connectivity index is 1.51. The quantitative estimate of drug-likeness (QED) is 0.597. The lowest BCUT2D eigenvalue weighted by molar-refractivity contribution is -0.138. The van der Waals surface area contributed by atoms with Crippen LogP contribution in [0, 0.1) is 0 Å². The van der Waals surface area contributed by atoms with Gasteiger partial charge in [0.1, 0.15) is 5.82 Å². The van der Waals surface area contributed by atoms with Gasteiger partial charge in [-0.05, 0) is 29.2 Å². The van der Waals surface area contributed by atoms with Gasteiger partial charge in [-0.25, -0.2) is 9.78 Å². The summed E-state index contributed by atoms with van der Waals surface area (Å²) in [7, 11) is 0. The number of halogens is 4. The molecule has 1 aromatic heterocycles. The van der Waals surface area contributed by atoms with E-state index in [1.165, 1.54) is 4.90 Å². The molecule has 10 heteroatoms. The van der Waals surface area contributed by atoms with Gasteiger partial charge in [0, 0.05) is 32.4 Å². The first kappa shape index (κ1) is 24.8. The van der Waals surface area contributed by atoms with Crippen molar-refractivity contribution in [2.75, 3.05) is 37.7 Å². The van der Waals surface area contributed by atoms with Crippen LogP contribution in [-0.2, 0) is 21.1 Å². The van der Waals surface area contributed by atoms with Gasteiger partial charge in [-0.15, -0.1) is 0 Å². The highest BCUT2D eigenvalue weighted by Crippen LogP contribution is 2.33. The van der Waals surface area contributed by atoms with E-state index in [1.807, 2.05) is 12.1 Å². The number of pyridine rings is 1. The van der Waals surface area contributed by atoms with Crippen LogP contribution in [0.5, 0.6) is 0 Å². The van der Waals surface area contributed by atoms with Crippen molar-refractivity contribution >= 4 is 29.3 Å². The second-order valence-electron chi connectivity index (χ2n) is 8.80. The number of rotatable bonds is 4. The Morgan fingerprint density at radius 2 is 1.64 bits per heavy atom. The Hall–Kier alpha value is -2.81. The summed E-state index contributed by atoms with van der Waals surface area (Å²) in [5.41, 5.74) is 0.486. The van der Waals surface area contributed by atoms with E-state index >= 15 is 0 Å². The Morgan fingerprint density at radius 1 is 1.03 bits per heavy atom. The molecule has 1 aromatic carbocycles. The molecule has 178 valence electrons. The van der Waals surface area contributed by atoms with Crippen LogP contribution in [0.1, 0.15) is 42.3 Å². The lowest BCUT2D eigenvalue weighted by Crippen LogP contribution is -2.50. The van der Waals surface area contributed by atoms with Crippen LogP contribution in [0.2, 0.25) is 5.02 Å². The number of anilines is 1. The third kappa shape index (κ3) is 6.16. The molecule has 0 unspecified atom stereocenters. The van der Waals surface area contributed by atoms with Gasteiger partial charge in [-0.3, -0.25) is 4.79 Å². The first-order valence-electron chi connectivity index (χ1n) is 10.4. The van der Waals surface area contributed by atoms with Gasteiger partial charge in [0.25, 0.3) is 5.91 Å². The van der Waals surface area contributed by atoms with Crippen LogP contribution in [0.3, 0.4) is 0 Å². The third-order valence-corrected chi connectivity index (χ3v) is 5.67. The molecule has 0 atom stereocenters. The van der Waals surface area contributed by atoms with Gasteiger partial charge < -0.3 is 14.5 Å². The van der Waals surface area contributed by atoms with Crippen molar-refractivity contribution in [3.05, 3.63) is 58.2 Å². The minimum atomic E-state index is -4.52. The maximum atomic E-state index is 12.8. The van der Waals surface area contributed by atoms with Crippen LogP contribution < -0.4 is 4.90 Å². The molecule has 6 nitrogen and oxygen atoms in total. The Labute approximate surface area is 195 Å². The summed E-state index contributed by atoms with van der Waals surface area (Å²) in [6.45, 7) is 7.10. The van der Waals surface area contributed by atoms with Gasteiger partial charge in [0.05, 0.1) is 16.1 Å². The van der Waals surface area contributed by atoms with Gasteiger partial charge in [-0.1, -0.05) is 44.5 Å². The number of hydrogen-bond acceptors (Lipinski definition) is 5. The molecule has 1 amide bonds. The highest BCUT2D eigenvalue weighted by molar-refractivity contribution is 6.33. The van der Waals surface area contributed by atoms with E-state index in [1.54, 1.807) is 17.0 Å². The van der Waals surface area contributed by atoms with Crippen LogP contribution in [-0.4, -0.2) is 54.5 Å². The van der Waals surface area contributed by atoms with Crippen molar-refractivity contribution in [1.82, 2.24) is 9.88 Å². The topological polar surface area (TPSA) is 62.7 Å². The monoisotopic (exact) mass is 483 g/mol. The average Bonchev–Trinajstić information content (AvgIpc) is 2.76. The van der Waals surface area contributed by atoms with E-state index < -0.39 is 17.7 Å². The molecular formula is C23H25ClF3N3O3. The fourth-order valence-electron chi connectivity index (χ4n) is 3.39. The summed E-state index contributed by atoms with van der Waals surface area (Å²) in [5.74, 6) is -0.689. The summed E-state index contributed by atoms with van der Waals surface area (Å²) < 4.78 is 43.5. The van der Waals surface area contributed by atoms with E-state index in [4.69, 9.17) is 16.3 Å². The van der Waals surface area contributed by atoms with E-state index in [9.17, 15) is 22.8 Å². The minimum Gasteiger partial charge on any atom is -0.452 e. The molecule has 2 aromatic rings. The first-order chi connectivity index (χ1) is 15.4. The predicted octanol–water partition coefficient (Wildman–Crippen LogP) is 4.56. The number of carbonyl (C=O) groups is 2. The number of carbonyl (C=O) groups excluding carboxylic acids is 2. The summed E-state index contributed by atoms with van der Waals surface area (Å²) in [4.78, 5) is 31.8. The number of piperazine rings is 1. The fraction of sp³-hybridized carbons (Fsp3) is 0.435. The molecular weight excluding hydrogens is 459 g/mol. The molecule has 33 heavy (non-hydrogen) atoms. The molecule has 0 spiro atoms. The summed E-state index contributed by atoms with van der Waals surface area (Å²) in [6.07, 6.45) is -3.78. The molecule has 1 aliphatic heterocycles. The number of amides is 1. The van der Waals surface area contributed by atoms with Crippen LogP contribution in [0.4, 0.5) is 19.0 Å². The second-order valence-corrected chi connectivity index (χ2v) is 9.21. The third-order valence-electron chi connectivity index (χ3n) is 5.39. The largest absolute Gasteiger partial charge is 0.452 e. The smallest absolute Gasteiger partial charge is 0.417 e. The number of benzene rings is 1. The summed E-state index contributed by atoms with van der Waals surface area (Å²) in [5, 5.41) is -0.101. The standard InChI is InChI=1S/C23H25ClF3N3O3/c1-22(2,3)16-6-4-15(5-7-16)21(32)33-14-19(31)29-8-10-30(11-9-29)20-18(24)12-17(13-28-20)23(25,26)27/h4-7,12-13H,8-11,14H2,1-3H3. The first-order valence-corrected chi connectivity index (χ1v) is 10.8. The van der Waals surface area contributed by atoms with Crippen molar-refractivity contribution in [3.8, 4) is 0 Å². The molecule has 0 saturated carbocycles. The number of nitrogens with zero attached hydrogens (tertiary/aromatic N) is 3. The molecule has 0 N–H and O–H groups in total. The molecule has 1 saturated heterocycles. The van der Waals surface area contributed by atoms with Gasteiger partial charge in [0.2, 0.25) is 0 Å². The molecule has 2 heterocycles. The van der Waals surface area contributed by atoms with Crippen molar-refractivity contribution in [2.45, 2.75) is 32.4 Å². The van der Waals surface area contributed by atoms with Crippen LogP contribution >= 0.6 is 11.6 Å². The molecule has 1 fully saturated rings. The number of hydrogen-bond donors (Lipinski definition) is 0. The van der Waals surface area contributed by atoms with E-state index in [-0.39, 0.29) is 28.8 Å². The highest BCUT2D eigenvalue weighted by atomic mass is 35.5. The maximum absolute atomic E-state index is 12.8. The molecule has 3 rings (SSSR count). The summed E-state index contributed by atoms with van der Waals surface area (Å²) >= 11 is 6.00. The van der Waals surface area contributed by atoms with E-state index in [2.05, 4.69) is 25.8 Å². The Kier molecular flexibility index (Phi) is 7.21. The lowest BCUT2D eigenvalue weighted by atomic mass is 9.87. The van der Waals surface area contributed by atoms with E-state index in [0.29, 0.717) is 31.7 Å². The van der Waals surface area contributed by atoms with Crippen LogP contribution in [0.15, 0.2) is 36.5 Å². The van der Waals surface area contributed by atoms with Gasteiger partial charge >= 0.3 is 12.1 Å². The zero-order valence-electron chi connectivity index (χ0n) is 18.6. The minimum absolute atomic E-state index is 0.0410. The maximum Gasteiger partial charge on any atom is 0.417 e. The Bertz CT molecular complexity index is 1010. The zero-order chi connectivity index (χ0) is 24.4. The van der Waals surface area contributed by atoms with Gasteiger partial charge in [-0.2, -0.15) is 13.2 Å². The number of ether oxygens (including phenoxy) is 1. The number of aromatic nitrogens is 1. The lowest BCUT2D eigenvalue weighted by Gasteiger charge is -2.35. The summed E-state index contributed by atoms with van der Waals surface area (Å²) in [6, 6.07) is 7.91. The molecule has 0 radical (unpaired) electrons. The van der Waals surface area contributed by atoms with Gasteiger partial charge in [0.15, 0.2) is 6.61 Å². The van der Waals surface area contributed by atoms with E-state index in [0.717, 1.165) is 17.8 Å². The predicted molar refractivity (Wildman–Crippen MR) is 118 cm³/mol. The van der Waals surface area contributed by atoms with Crippen molar-refractivity contribution in [1.29, 1.82) is 0 Å². The average molecular weight is 484 g/mol. The van der Waals surface area contributed by atoms with Crippen molar-refractivity contribution < 1.29 is 27.5 Å². The zero-order valence-corrected chi connectivity index (χ0v) is 19.3. The second kappa shape index (κ2) is 9.59. The van der Waals surface area contributed by atoms with Crippen molar-refractivity contribution in [2.24, 2.45) is 0 Å². The fourth-order valence-corrected chi connectivity index (χ4v) is 3.68. The SMILES string of the molecule is CC(C)(C)c1ccc(C(=O)OCC(=O)N2CCN(c3ncc(C(F)(F)F)cc3Cl)CC2)cc1. The van der Waals surface area contributed by atoms with Crippen molar-refractivity contribution in [3.63, 3.8) is 0 Å².